The maximum Gasteiger partial charge on any atom is 0.258 e. The quantitative estimate of drug-likeness (QED) is 0.572. The first-order valence-corrected chi connectivity index (χ1v) is 11.9. The molecular formula is C27H30FN5O2. The zero-order valence-electron chi connectivity index (χ0n) is 20.1. The summed E-state index contributed by atoms with van der Waals surface area (Å²) in [6, 6.07) is 11.4. The van der Waals surface area contributed by atoms with Crippen LogP contribution in [0.3, 0.4) is 0 Å². The third-order valence-corrected chi connectivity index (χ3v) is 6.29. The van der Waals surface area contributed by atoms with Crippen LogP contribution in [0.2, 0.25) is 0 Å². The molecule has 0 unspecified atom stereocenters. The fraction of sp³-hybridized carbons (Fsp3) is 0.333. The van der Waals surface area contributed by atoms with E-state index in [0.29, 0.717) is 42.0 Å². The lowest BCUT2D eigenvalue weighted by Gasteiger charge is -2.30. The highest BCUT2D eigenvalue weighted by atomic mass is 19.1. The van der Waals surface area contributed by atoms with Gasteiger partial charge in [0.05, 0.1) is 0 Å². The van der Waals surface area contributed by atoms with Crippen molar-refractivity contribution in [2.24, 2.45) is 0 Å². The Labute approximate surface area is 205 Å². The van der Waals surface area contributed by atoms with Crippen LogP contribution >= 0.6 is 0 Å². The van der Waals surface area contributed by atoms with Gasteiger partial charge in [-0.25, -0.2) is 4.39 Å². The molecule has 1 aliphatic heterocycles. The Kier molecular flexibility index (Phi) is 7.82. The van der Waals surface area contributed by atoms with Gasteiger partial charge in [-0.1, -0.05) is 0 Å². The van der Waals surface area contributed by atoms with Crippen molar-refractivity contribution >= 4 is 17.5 Å². The molecule has 35 heavy (non-hydrogen) atoms. The molecule has 0 bridgehead atoms. The van der Waals surface area contributed by atoms with Gasteiger partial charge in [0.2, 0.25) is 0 Å². The number of hydrogen-bond donors (Lipinski definition) is 0. The van der Waals surface area contributed by atoms with Gasteiger partial charge in [0, 0.05) is 80.4 Å². The predicted molar refractivity (Wildman–Crippen MR) is 133 cm³/mol. The van der Waals surface area contributed by atoms with E-state index in [-0.39, 0.29) is 24.4 Å². The molecule has 3 aromatic rings. The number of carbonyl (C=O) groups excluding carboxylic acids is 2. The average Bonchev–Trinajstić information content (AvgIpc) is 2.91. The molecule has 1 aromatic carbocycles. The molecule has 1 aliphatic rings. The summed E-state index contributed by atoms with van der Waals surface area (Å²) >= 11 is 0. The zero-order valence-corrected chi connectivity index (χ0v) is 20.1. The number of hydrogen-bond acceptors (Lipinski definition) is 5. The number of rotatable bonds is 3. The predicted octanol–water partition coefficient (Wildman–Crippen LogP) is 4.02. The number of anilines is 1. The second-order valence-electron chi connectivity index (χ2n) is 8.91. The number of benzene rings is 1. The zero-order chi connectivity index (χ0) is 24.8. The number of fused-ring (bicyclic) bond motifs is 1. The lowest BCUT2D eigenvalue weighted by Crippen LogP contribution is -2.41. The number of carbonyl (C=O) groups is 2. The Morgan fingerprint density at radius 2 is 1.46 bits per heavy atom. The number of aromatic nitrogens is 2. The molecule has 0 saturated carbocycles. The van der Waals surface area contributed by atoms with E-state index in [1.807, 2.05) is 0 Å². The fourth-order valence-corrected chi connectivity index (χ4v) is 4.37. The Morgan fingerprint density at radius 3 is 2.09 bits per heavy atom. The summed E-state index contributed by atoms with van der Waals surface area (Å²) in [6.45, 7) is 6.83. The van der Waals surface area contributed by atoms with Crippen LogP contribution in [0.25, 0.3) is 0 Å². The van der Waals surface area contributed by atoms with E-state index in [4.69, 9.17) is 0 Å². The van der Waals surface area contributed by atoms with E-state index in [9.17, 15) is 14.0 Å². The summed E-state index contributed by atoms with van der Waals surface area (Å²) < 4.78 is 14.4. The second kappa shape index (κ2) is 11.2. The van der Waals surface area contributed by atoms with E-state index in [1.165, 1.54) is 12.1 Å². The third kappa shape index (κ3) is 5.89. The largest absolute Gasteiger partial charge is 0.333 e. The molecule has 0 atom stereocenters. The summed E-state index contributed by atoms with van der Waals surface area (Å²) in [5.41, 5.74) is 2.23. The van der Waals surface area contributed by atoms with Crippen LogP contribution < -0.4 is 4.90 Å². The Hall–Kier alpha value is -3.65. The summed E-state index contributed by atoms with van der Waals surface area (Å²) in [7, 11) is 0. The topological polar surface area (TPSA) is 69.6 Å². The standard InChI is InChI=1S/C27H30FN5O2/c1-20(2)31-14-3-15-33(27(35)22-8-12-30-13-9-22)25-5-4-24(28)18-23(25)19-32(17-16-31)26(34)21-6-10-29-11-7-21/h4-13,18,20H,3,14-17,19H2,1-2H3. The summed E-state index contributed by atoms with van der Waals surface area (Å²) in [5.74, 6) is -0.741. The van der Waals surface area contributed by atoms with E-state index in [1.54, 1.807) is 64.9 Å². The molecule has 2 amide bonds. The summed E-state index contributed by atoms with van der Waals surface area (Å²) in [4.78, 5) is 40.8. The SMILES string of the molecule is CC(C)N1CCCN(C(=O)c2ccncc2)c2ccc(F)cc2CN(C(=O)c2ccncc2)CC1. The van der Waals surface area contributed by atoms with Crippen molar-refractivity contribution in [3.8, 4) is 0 Å². The van der Waals surface area contributed by atoms with Crippen LogP contribution in [0.15, 0.2) is 67.3 Å². The van der Waals surface area contributed by atoms with Gasteiger partial charge in [-0.15, -0.1) is 0 Å². The second-order valence-corrected chi connectivity index (χ2v) is 8.91. The van der Waals surface area contributed by atoms with Gasteiger partial charge in [-0.3, -0.25) is 24.5 Å². The van der Waals surface area contributed by atoms with Gasteiger partial charge in [0.1, 0.15) is 5.82 Å². The van der Waals surface area contributed by atoms with Crippen LogP contribution in [0.5, 0.6) is 0 Å². The van der Waals surface area contributed by atoms with Gasteiger partial charge in [-0.2, -0.15) is 0 Å². The highest BCUT2D eigenvalue weighted by Gasteiger charge is 2.26. The van der Waals surface area contributed by atoms with Gasteiger partial charge < -0.3 is 9.80 Å². The molecule has 0 saturated heterocycles. The highest BCUT2D eigenvalue weighted by molar-refractivity contribution is 6.06. The van der Waals surface area contributed by atoms with Crippen molar-refractivity contribution in [2.75, 3.05) is 31.1 Å². The van der Waals surface area contributed by atoms with Gasteiger partial charge in [0.25, 0.3) is 11.8 Å². The minimum absolute atomic E-state index is 0.155. The van der Waals surface area contributed by atoms with Crippen molar-refractivity contribution in [1.29, 1.82) is 0 Å². The molecular weight excluding hydrogens is 445 g/mol. The van der Waals surface area contributed by atoms with Gasteiger partial charge in [0.15, 0.2) is 0 Å². The van der Waals surface area contributed by atoms with Crippen molar-refractivity contribution in [3.63, 3.8) is 0 Å². The molecule has 3 heterocycles. The minimum Gasteiger partial charge on any atom is -0.333 e. The molecule has 0 spiro atoms. The van der Waals surface area contributed by atoms with Crippen LogP contribution in [-0.4, -0.2) is 63.8 Å². The molecule has 0 N–H and O–H groups in total. The van der Waals surface area contributed by atoms with E-state index < -0.39 is 5.82 Å². The first-order chi connectivity index (χ1) is 16.9. The molecule has 182 valence electrons. The summed E-state index contributed by atoms with van der Waals surface area (Å²) in [5, 5.41) is 0. The normalized spacial score (nSPS) is 15.4. The Morgan fingerprint density at radius 1 is 0.829 bits per heavy atom. The number of pyridine rings is 2. The fourth-order valence-electron chi connectivity index (χ4n) is 4.37. The van der Waals surface area contributed by atoms with Crippen molar-refractivity contribution in [1.82, 2.24) is 19.8 Å². The first-order valence-electron chi connectivity index (χ1n) is 11.9. The highest BCUT2D eigenvalue weighted by Crippen LogP contribution is 2.27. The van der Waals surface area contributed by atoms with Crippen LogP contribution in [-0.2, 0) is 6.54 Å². The molecule has 4 rings (SSSR count). The molecule has 0 radical (unpaired) electrons. The summed E-state index contributed by atoms with van der Waals surface area (Å²) in [6.07, 6.45) is 7.08. The van der Waals surface area contributed by atoms with Crippen molar-refractivity contribution < 1.29 is 14.0 Å². The van der Waals surface area contributed by atoms with E-state index in [2.05, 4.69) is 28.7 Å². The lowest BCUT2D eigenvalue weighted by atomic mass is 10.1. The van der Waals surface area contributed by atoms with Crippen LogP contribution in [0, 0.1) is 5.82 Å². The van der Waals surface area contributed by atoms with Crippen LogP contribution in [0.4, 0.5) is 10.1 Å². The van der Waals surface area contributed by atoms with E-state index in [0.717, 1.165) is 13.0 Å². The molecule has 0 aliphatic carbocycles. The maximum atomic E-state index is 14.4. The number of nitrogens with zero attached hydrogens (tertiary/aromatic N) is 5. The Balaban J connectivity index is 1.76. The number of amides is 2. The molecule has 0 fully saturated rings. The molecule has 7 nitrogen and oxygen atoms in total. The van der Waals surface area contributed by atoms with Crippen LogP contribution in [0.1, 0.15) is 46.5 Å². The first kappa shape index (κ1) is 24.5. The van der Waals surface area contributed by atoms with Crippen molar-refractivity contribution in [3.05, 3.63) is 89.8 Å². The monoisotopic (exact) mass is 475 g/mol. The van der Waals surface area contributed by atoms with E-state index >= 15 is 0 Å². The maximum absolute atomic E-state index is 14.4. The molecule has 8 heteroatoms. The Bertz CT molecular complexity index is 1160. The molecule has 2 aromatic heterocycles. The van der Waals surface area contributed by atoms with Crippen molar-refractivity contribution in [2.45, 2.75) is 32.9 Å². The van der Waals surface area contributed by atoms with Gasteiger partial charge in [-0.05, 0) is 68.3 Å². The smallest absolute Gasteiger partial charge is 0.258 e. The average molecular weight is 476 g/mol. The number of halogens is 1. The van der Waals surface area contributed by atoms with Gasteiger partial charge >= 0.3 is 0 Å². The lowest BCUT2D eigenvalue weighted by molar-refractivity contribution is 0.0711. The third-order valence-electron chi connectivity index (χ3n) is 6.29. The minimum atomic E-state index is -0.407.